The lowest BCUT2D eigenvalue weighted by molar-refractivity contribution is -0.0868. The van der Waals surface area contributed by atoms with E-state index < -0.39 is 28.5 Å². The number of nitrogens with zero attached hydrogens (tertiary/aromatic N) is 2. The predicted octanol–water partition coefficient (Wildman–Crippen LogP) is 3.24. The molecule has 0 bridgehead atoms. The first-order chi connectivity index (χ1) is 13.6. The monoisotopic (exact) mass is 402 g/mol. The van der Waals surface area contributed by atoms with Crippen molar-refractivity contribution in [2.24, 2.45) is 0 Å². The summed E-state index contributed by atoms with van der Waals surface area (Å²) in [6.07, 6.45) is 0. The van der Waals surface area contributed by atoms with Gasteiger partial charge in [-0.25, -0.2) is 9.37 Å². The van der Waals surface area contributed by atoms with Gasteiger partial charge in [0.1, 0.15) is 5.82 Å². The maximum Gasteiger partial charge on any atom is 0.203 e. The van der Waals surface area contributed by atoms with Crippen molar-refractivity contribution in [1.82, 2.24) is 9.55 Å². The van der Waals surface area contributed by atoms with E-state index in [1.807, 2.05) is 17.6 Å². The third-order valence-electron chi connectivity index (χ3n) is 5.37. The van der Waals surface area contributed by atoms with Gasteiger partial charge in [-0.15, -0.1) is 0 Å². The van der Waals surface area contributed by atoms with E-state index in [1.54, 1.807) is 26.0 Å². The number of fused-ring (bicyclic) bond motifs is 1. The molecule has 3 N–H and O–H groups in total. The highest BCUT2D eigenvalue weighted by molar-refractivity contribution is 5.83. The summed E-state index contributed by atoms with van der Waals surface area (Å²) in [6, 6.07) is 6.67. The van der Waals surface area contributed by atoms with Gasteiger partial charge >= 0.3 is 0 Å². The predicted molar refractivity (Wildman–Crippen MR) is 105 cm³/mol. The highest BCUT2D eigenvalue weighted by Gasteiger charge is 2.39. The van der Waals surface area contributed by atoms with Crippen LogP contribution in [0, 0.1) is 5.82 Å². The van der Waals surface area contributed by atoms with Crippen molar-refractivity contribution < 1.29 is 29.2 Å². The topological polar surface area (TPSA) is 97.0 Å². The molecule has 2 aromatic carbocycles. The molecule has 1 aromatic heterocycles. The minimum absolute atomic E-state index is 0.00807. The van der Waals surface area contributed by atoms with Crippen LogP contribution in [0.25, 0.3) is 22.4 Å². The zero-order valence-electron chi connectivity index (χ0n) is 16.7. The smallest absolute Gasteiger partial charge is 0.203 e. The molecule has 1 aliphatic heterocycles. The van der Waals surface area contributed by atoms with Gasteiger partial charge in [0.25, 0.3) is 0 Å². The summed E-state index contributed by atoms with van der Waals surface area (Å²) in [4.78, 5) is 4.60. The Balaban J connectivity index is 2.06. The van der Waals surface area contributed by atoms with Crippen molar-refractivity contribution in [3.05, 3.63) is 35.6 Å². The molecular formula is C21H23FN2O5. The van der Waals surface area contributed by atoms with Crippen LogP contribution in [0.4, 0.5) is 4.39 Å². The van der Waals surface area contributed by atoms with Gasteiger partial charge in [-0.3, -0.25) is 0 Å². The molecule has 2 heterocycles. The summed E-state index contributed by atoms with van der Waals surface area (Å²) in [5.74, 6) is -2.36. The zero-order chi connectivity index (χ0) is 21.1. The molecule has 0 amide bonds. The lowest BCUT2D eigenvalue weighted by Crippen LogP contribution is -2.49. The van der Waals surface area contributed by atoms with Crippen LogP contribution in [0.3, 0.4) is 0 Å². The number of ether oxygens (including phenoxy) is 2. The average Bonchev–Trinajstić information content (AvgIpc) is 3.02. The first-order valence-corrected chi connectivity index (χ1v) is 9.19. The van der Waals surface area contributed by atoms with Gasteiger partial charge in [0.2, 0.25) is 5.75 Å². The van der Waals surface area contributed by atoms with Crippen LogP contribution in [-0.2, 0) is 15.9 Å². The summed E-state index contributed by atoms with van der Waals surface area (Å²) < 4.78 is 27.3. The Hall–Kier alpha value is -2.84. The van der Waals surface area contributed by atoms with Crippen molar-refractivity contribution >= 4 is 11.0 Å². The minimum atomic E-state index is -1.06. The van der Waals surface area contributed by atoms with E-state index >= 15 is 0 Å². The number of aromatic nitrogens is 2. The highest BCUT2D eigenvalue weighted by Crippen LogP contribution is 2.45. The molecule has 0 saturated carbocycles. The van der Waals surface area contributed by atoms with Crippen LogP contribution < -0.4 is 4.74 Å². The number of imidazole rings is 1. The number of hydrogen-bond acceptors (Lipinski definition) is 6. The molecule has 154 valence electrons. The van der Waals surface area contributed by atoms with E-state index in [4.69, 9.17) is 9.47 Å². The van der Waals surface area contributed by atoms with Gasteiger partial charge in [-0.1, -0.05) is 6.07 Å². The minimum Gasteiger partial charge on any atom is -0.502 e. The summed E-state index contributed by atoms with van der Waals surface area (Å²) in [5.41, 5.74) is 0.434. The van der Waals surface area contributed by atoms with Crippen LogP contribution >= 0.6 is 0 Å². The lowest BCUT2D eigenvalue weighted by atomic mass is 9.96. The molecule has 0 unspecified atom stereocenters. The molecule has 29 heavy (non-hydrogen) atoms. The molecule has 4 rings (SSSR count). The van der Waals surface area contributed by atoms with Crippen molar-refractivity contribution in [1.29, 1.82) is 0 Å². The van der Waals surface area contributed by atoms with Gasteiger partial charge in [-0.05, 0) is 44.5 Å². The molecule has 0 atom stereocenters. The van der Waals surface area contributed by atoms with Crippen molar-refractivity contribution in [2.45, 2.75) is 31.9 Å². The fourth-order valence-electron chi connectivity index (χ4n) is 3.64. The van der Waals surface area contributed by atoms with Crippen molar-refractivity contribution in [3.8, 4) is 28.6 Å². The largest absolute Gasteiger partial charge is 0.502 e. The Bertz CT molecular complexity index is 1110. The van der Waals surface area contributed by atoms with Gasteiger partial charge in [0.15, 0.2) is 17.3 Å². The van der Waals surface area contributed by atoms with Gasteiger partial charge in [0, 0.05) is 0 Å². The Morgan fingerprint density at radius 2 is 1.90 bits per heavy atom. The number of benzene rings is 2. The van der Waals surface area contributed by atoms with E-state index in [0.717, 1.165) is 0 Å². The normalized spacial score (nSPS) is 16.1. The molecule has 0 spiro atoms. The summed E-state index contributed by atoms with van der Waals surface area (Å²) in [7, 11) is 1.32. The van der Waals surface area contributed by atoms with Crippen LogP contribution in [-0.4, -0.2) is 45.2 Å². The second-order valence-corrected chi connectivity index (χ2v) is 8.16. The lowest BCUT2D eigenvalue weighted by Gasteiger charge is -2.41. The number of halogens is 1. The molecule has 8 heteroatoms. The van der Waals surface area contributed by atoms with Crippen LogP contribution in [0.5, 0.6) is 17.2 Å². The molecule has 0 radical (unpaired) electrons. The summed E-state index contributed by atoms with van der Waals surface area (Å²) >= 11 is 0. The summed E-state index contributed by atoms with van der Waals surface area (Å²) in [5, 5.41) is 30.4. The number of rotatable bonds is 4. The van der Waals surface area contributed by atoms with Gasteiger partial charge in [0.05, 0.1) is 48.1 Å². The number of hydrogen-bond donors (Lipinski definition) is 3. The maximum absolute atomic E-state index is 15.0. The average molecular weight is 402 g/mol. The quantitative estimate of drug-likeness (QED) is 0.580. The number of aromatic hydroxyl groups is 2. The Morgan fingerprint density at radius 1 is 1.21 bits per heavy atom. The third-order valence-corrected chi connectivity index (χ3v) is 5.37. The van der Waals surface area contributed by atoms with Crippen LogP contribution in [0.1, 0.15) is 26.3 Å². The molecule has 1 aliphatic rings. The van der Waals surface area contributed by atoms with Gasteiger partial charge < -0.3 is 29.4 Å². The Kier molecular flexibility index (Phi) is 4.25. The number of phenolic OH excluding ortho intramolecular Hbond substituents is 2. The maximum atomic E-state index is 15.0. The number of phenols is 2. The van der Waals surface area contributed by atoms with E-state index in [1.165, 1.54) is 13.2 Å². The second-order valence-electron chi connectivity index (χ2n) is 8.16. The molecule has 7 nitrogen and oxygen atoms in total. The van der Waals surface area contributed by atoms with E-state index in [2.05, 4.69) is 4.98 Å². The zero-order valence-corrected chi connectivity index (χ0v) is 16.7. The molecular weight excluding hydrogens is 379 g/mol. The van der Waals surface area contributed by atoms with Crippen molar-refractivity contribution in [2.75, 3.05) is 20.3 Å². The number of methoxy groups -OCH3 is 1. The van der Waals surface area contributed by atoms with Crippen LogP contribution in [0.15, 0.2) is 24.3 Å². The Morgan fingerprint density at radius 3 is 2.45 bits per heavy atom. The van der Waals surface area contributed by atoms with Gasteiger partial charge in [-0.2, -0.15) is 0 Å². The fourth-order valence-corrected chi connectivity index (χ4v) is 3.64. The Labute approximate surface area is 166 Å². The highest BCUT2D eigenvalue weighted by atomic mass is 19.1. The molecule has 1 saturated heterocycles. The van der Waals surface area contributed by atoms with Crippen LogP contribution in [0.2, 0.25) is 0 Å². The van der Waals surface area contributed by atoms with E-state index in [-0.39, 0.29) is 17.1 Å². The summed E-state index contributed by atoms with van der Waals surface area (Å²) in [6.45, 7) is 6.15. The second kappa shape index (κ2) is 6.33. The SMILES string of the molecule is COc1cc(-c2nc3ccc(C(C)(C)O)cc3n2C2(C)COC2)c(F)c(O)c1O. The van der Waals surface area contributed by atoms with Crippen molar-refractivity contribution in [3.63, 3.8) is 0 Å². The number of aliphatic hydroxyl groups is 1. The first kappa shape index (κ1) is 19.5. The van der Waals surface area contributed by atoms with E-state index in [0.29, 0.717) is 29.8 Å². The first-order valence-electron chi connectivity index (χ1n) is 9.19. The standard InChI is InChI=1S/C21H23FN2O5/c1-20(2,27)11-5-6-13-14(7-11)24(21(3)9-29-10-21)19(23-13)12-8-15(28-4)17(25)18(26)16(12)22/h5-8,25-27H,9-10H2,1-4H3. The van der Waals surface area contributed by atoms with E-state index in [9.17, 15) is 19.7 Å². The fraction of sp³-hybridized carbons (Fsp3) is 0.381. The molecule has 0 aliphatic carbocycles. The molecule has 1 fully saturated rings. The third kappa shape index (κ3) is 2.90. The molecule has 3 aromatic rings.